The summed E-state index contributed by atoms with van der Waals surface area (Å²) in [5, 5.41) is 7.59. The van der Waals surface area contributed by atoms with Crippen LogP contribution in [0, 0.1) is 12.3 Å². The van der Waals surface area contributed by atoms with Gasteiger partial charge >= 0.3 is 11.9 Å². The van der Waals surface area contributed by atoms with Crippen LogP contribution in [0.15, 0.2) is 33.4 Å². The van der Waals surface area contributed by atoms with Crippen LogP contribution in [0.2, 0.25) is 0 Å². The zero-order valence-corrected chi connectivity index (χ0v) is 25.3. The number of carbonyl (C=O) groups excluding carboxylic acids is 4. The van der Waals surface area contributed by atoms with E-state index in [9.17, 15) is 19.2 Å². The van der Waals surface area contributed by atoms with Crippen molar-refractivity contribution in [2.75, 3.05) is 25.4 Å². The van der Waals surface area contributed by atoms with Crippen molar-refractivity contribution < 1.29 is 33.5 Å². The molecule has 2 amide bonds. The Morgan fingerprint density at radius 1 is 1.24 bits per heavy atom. The molecule has 2 aromatic heterocycles. The second-order valence-electron chi connectivity index (χ2n) is 9.80. The van der Waals surface area contributed by atoms with Gasteiger partial charge in [-0.2, -0.15) is 0 Å². The lowest BCUT2D eigenvalue weighted by atomic mass is 9.98. The summed E-state index contributed by atoms with van der Waals surface area (Å²) < 4.78 is 10.3. The molecule has 2 unspecified atom stereocenters. The Morgan fingerprint density at radius 2 is 2.00 bits per heavy atom. The standard InChI is InChI=1S/C25H28N6O7S3/c1-12-15(41-10-27-12)7-6-13-8-39-21-17(29-19(32)16(30-36-5)14-9-40-24(26)28-14)20(33)31(21)18(13)22(34)37-11-38-23(35)25(2,3)4/h6-7,9-10,17,21H,8,11H2,1-5H3,(H2,26,28)(H,29,32)/b7-6?,30-16-. The quantitative estimate of drug-likeness (QED) is 0.138. The monoisotopic (exact) mass is 620 g/mol. The van der Waals surface area contributed by atoms with E-state index in [4.69, 9.17) is 20.0 Å². The van der Waals surface area contributed by atoms with Gasteiger partial charge in [0.25, 0.3) is 11.8 Å². The number of nitrogens with two attached hydrogens (primary N) is 1. The third kappa shape index (κ3) is 6.60. The van der Waals surface area contributed by atoms with Gasteiger partial charge in [-0.15, -0.1) is 34.4 Å². The molecular weight excluding hydrogens is 593 g/mol. The number of anilines is 1. The number of nitrogens with zero attached hydrogens (tertiary/aromatic N) is 4. The van der Waals surface area contributed by atoms with Crippen LogP contribution >= 0.6 is 34.4 Å². The topological polar surface area (TPSA) is 175 Å². The third-order valence-corrected chi connectivity index (χ3v) is 8.72. The van der Waals surface area contributed by atoms with Gasteiger partial charge in [-0.25, -0.2) is 14.8 Å². The van der Waals surface area contributed by atoms with Gasteiger partial charge in [0.1, 0.15) is 29.9 Å². The maximum atomic E-state index is 13.3. The second kappa shape index (κ2) is 12.4. The minimum Gasteiger partial charge on any atom is -0.427 e. The molecule has 0 spiro atoms. The minimum absolute atomic E-state index is 0.00697. The van der Waals surface area contributed by atoms with Crippen LogP contribution in [0.3, 0.4) is 0 Å². The number of aromatic nitrogens is 2. The number of carbonyl (C=O) groups is 4. The maximum absolute atomic E-state index is 13.3. The number of amides is 2. The average molecular weight is 621 g/mol. The molecule has 0 aromatic carbocycles. The number of hydrogen-bond acceptors (Lipinski definition) is 14. The molecule has 0 saturated carbocycles. The lowest BCUT2D eigenvalue weighted by Gasteiger charge is -2.49. The fourth-order valence-corrected chi connectivity index (χ4v) is 6.29. The Hall–Kier alpha value is -3.76. The summed E-state index contributed by atoms with van der Waals surface area (Å²) in [5.74, 6) is -2.26. The molecular formula is C25H28N6O7S3. The number of fused-ring (bicyclic) bond motifs is 1. The molecule has 0 bridgehead atoms. The maximum Gasteiger partial charge on any atom is 0.358 e. The van der Waals surface area contributed by atoms with Crippen molar-refractivity contribution in [2.24, 2.45) is 10.6 Å². The van der Waals surface area contributed by atoms with Gasteiger partial charge in [-0.3, -0.25) is 19.3 Å². The Morgan fingerprint density at radius 3 is 2.61 bits per heavy atom. The first-order chi connectivity index (χ1) is 19.4. The van der Waals surface area contributed by atoms with E-state index < -0.39 is 47.4 Å². The molecule has 13 nitrogen and oxygen atoms in total. The smallest absolute Gasteiger partial charge is 0.358 e. The lowest BCUT2D eigenvalue weighted by molar-refractivity contribution is -0.173. The molecule has 2 aromatic rings. The van der Waals surface area contributed by atoms with Crippen molar-refractivity contribution in [3.8, 4) is 0 Å². The summed E-state index contributed by atoms with van der Waals surface area (Å²) >= 11 is 3.92. The predicted octanol–water partition coefficient (Wildman–Crippen LogP) is 2.30. The van der Waals surface area contributed by atoms with Crippen LogP contribution in [0.25, 0.3) is 6.08 Å². The Labute approximate surface area is 247 Å². The average Bonchev–Trinajstić information content (AvgIpc) is 3.54. The fourth-order valence-electron chi connectivity index (χ4n) is 3.73. The van der Waals surface area contributed by atoms with E-state index >= 15 is 0 Å². The van der Waals surface area contributed by atoms with Crippen molar-refractivity contribution in [3.63, 3.8) is 0 Å². The number of allylic oxidation sites excluding steroid dienone is 1. The van der Waals surface area contributed by atoms with E-state index in [2.05, 4.69) is 20.4 Å². The number of thiazole rings is 2. The van der Waals surface area contributed by atoms with Crippen molar-refractivity contribution in [1.29, 1.82) is 0 Å². The summed E-state index contributed by atoms with van der Waals surface area (Å²) in [6, 6.07) is -0.957. The molecule has 2 aliphatic heterocycles. The number of rotatable bonds is 9. The fraction of sp³-hybridized carbons (Fsp3) is 0.400. The normalized spacial score (nSPS) is 19.1. The summed E-state index contributed by atoms with van der Waals surface area (Å²) in [5.41, 5.74) is 8.03. The number of oxime groups is 1. The van der Waals surface area contributed by atoms with Crippen molar-refractivity contribution in [1.82, 2.24) is 20.2 Å². The second-order valence-corrected chi connectivity index (χ2v) is 12.7. The molecule has 4 heterocycles. The predicted molar refractivity (Wildman–Crippen MR) is 155 cm³/mol. The number of β-lactam (4-membered cyclic amide) rings is 1. The largest absolute Gasteiger partial charge is 0.427 e. The SMILES string of the molecule is CO/N=C(\C(=O)NC1C(=O)N2C(C(=O)OCOC(=O)C(C)(C)C)=C(C=Cc3scnc3C)CSC12)c1csc(N)n1. The van der Waals surface area contributed by atoms with E-state index in [0.717, 1.165) is 21.9 Å². The number of hydrogen-bond donors (Lipinski definition) is 2. The highest BCUT2D eigenvalue weighted by Gasteiger charge is 2.54. The molecule has 1 fully saturated rings. The highest BCUT2D eigenvalue weighted by atomic mass is 32.2. The molecule has 0 radical (unpaired) electrons. The minimum atomic E-state index is -0.957. The molecule has 2 atom stereocenters. The van der Waals surface area contributed by atoms with Crippen molar-refractivity contribution in [2.45, 2.75) is 39.1 Å². The Kier molecular flexibility index (Phi) is 9.14. The zero-order valence-electron chi connectivity index (χ0n) is 22.8. The van der Waals surface area contributed by atoms with Crippen LogP contribution in [-0.2, 0) is 33.5 Å². The molecule has 1 saturated heterocycles. The lowest BCUT2D eigenvalue weighted by Crippen LogP contribution is -2.71. The number of thioether (sulfide) groups is 1. The van der Waals surface area contributed by atoms with Gasteiger partial charge < -0.3 is 25.4 Å². The van der Waals surface area contributed by atoms with Crippen LogP contribution in [0.1, 0.15) is 37.0 Å². The molecule has 3 N–H and O–H groups in total. The number of nitrogen functional groups attached to an aromatic ring is 1. The van der Waals surface area contributed by atoms with Gasteiger partial charge in [0, 0.05) is 16.0 Å². The summed E-state index contributed by atoms with van der Waals surface area (Å²) in [4.78, 5) is 67.0. The van der Waals surface area contributed by atoms with Crippen LogP contribution in [-0.4, -0.2) is 75.4 Å². The van der Waals surface area contributed by atoms with Gasteiger partial charge in [0.15, 0.2) is 10.8 Å². The summed E-state index contributed by atoms with van der Waals surface area (Å²) in [6.45, 7) is 6.27. The third-order valence-electron chi connectivity index (χ3n) is 5.85. The Bertz CT molecular complexity index is 1460. The molecule has 2 aliphatic rings. The van der Waals surface area contributed by atoms with Gasteiger partial charge in [0.05, 0.1) is 16.6 Å². The zero-order chi connectivity index (χ0) is 29.9. The van der Waals surface area contributed by atoms with Gasteiger partial charge in [-0.1, -0.05) is 11.2 Å². The molecule has 16 heteroatoms. The highest BCUT2D eigenvalue weighted by Crippen LogP contribution is 2.41. The first kappa shape index (κ1) is 30.2. The molecule has 0 aliphatic carbocycles. The first-order valence-electron chi connectivity index (χ1n) is 12.2. The number of ether oxygens (including phenoxy) is 2. The molecule has 218 valence electrons. The van der Waals surface area contributed by atoms with Crippen molar-refractivity contribution in [3.05, 3.63) is 44.5 Å². The summed E-state index contributed by atoms with van der Waals surface area (Å²) in [7, 11) is 1.28. The van der Waals surface area contributed by atoms with Crippen LogP contribution in [0.4, 0.5) is 5.13 Å². The first-order valence-corrected chi connectivity index (χ1v) is 15.0. The van der Waals surface area contributed by atoms with Gasteiger partial charge in [-0.05, 0) is 39.3 Å². The number of nitrogens with one attached hydrogen (secondary N) is 1. The molecule has 41 heavy (non-hydrogen) atoms. The van der Waals surface area contributed by atoms with Crippen LogP contribution in [0.5, 0.6) is 0 Å². The van der Waals surface area contributed by atoms with E-state index in [1.165, 1.54) is 35.1 Å². The van der Waals surface area contributed by atoms with Crippen molar-refractivity contribution >= 4 is 75.1 Å². The van der Waals surface area contributed by atoms with Crippen LogP contribution < -0.4 is 11.1 Å². The highest BCUT2D eigenvalue weighted by molar-refractivity contribution is 8.00. The summed E-state index contributed by atoms with van der Waals surface area (Å²) in [6.07, 6.45) is 3.55. The van der Waals surface area contributed by atoms with E-state index in [-0.39, 0.29) is 22.2 Å². The molecule has 4 rings (SSSR count). The van der Waals surface area contributed by atoms with E-state index in [0.29, 0.717) is 11.3 Å². The number of esters is 2. The Balaban J connectivity index is 1.55. The van der Waals surface area contributed by atoms with Gasteiger partial charge in [0.2, 0.25) is 6.79 Å². The van der Waals surface area contributed by atoms with E-state index in [1.54, 1.807) is 37.7 Å². The van der Waals surface area contributed by atoms with E-state index in [1.807, 2.05) is 13.0 Å². The number of aryl methyl sites for hydroxylation is 1.